The van der Waals surface area contributed by atoms with Crippen molar-refractivity contribution in [3.8, 4) is 0 Å². The third-order valence-electron chi connectivity index (χ3n) is 2.76. The van der Waals surface area contributed by atoms with Crippen molar-refractivity contribution < 1.29 is 19.8 Å². The molecule has 3 unspecified atom stereocenters. The van der Waals surface area contributed by atoms with Crippen molar-refractivity contribution in [3.63, 3.8) is 0 Å². The summed E-state index contributed by atoms with van der Waals surface area (Å²) in [5.74, 6) is -2.62. The highest BCUT2D eigenvalue weighted by atomic mass is 16.4. The zero-order valence-corrected chi connectivity index (χ0v) is 8.77. The lowest BCUT2D eigenvalue weighted by molar-refractivity contribution is -0.146. The number of rotatable bonds is 3. The molecule has 3 atom stereocenters. The van der Waals surface area contributed by atoms with Gasteiger partial charge in [0.15, 0.2) is 0 Å². The number of amides is 1. The van der Waals surface area contributed by atoms with Gasteiger partial charge in [-0.3, -0.25) is 9.59 Å². The number of aliphatic hydroxyl groups excluding tert-OH is 1. The Morgan fingerprint density at radius 1 is 1.40 bits per heavy atom. The number of carbonyl (C=O) groups is 2. The second-order valence-corrected chi connectivity index (χ2v) is 4.09. The van der Waals surface area contributed by atoms with Crippen LogP contribution in [0, 0.1) is 5.92 Å². The third kappa shape index (κ3) is 3.51. The number of carboxylic acid groups (broad SMARTS) is 1. The summed E-state index contributed by atoms with van der Waals surface area (Å²) in [6.07, 6.45) is 2.60. The van der Waals surface area contributed by atoms with Crippen molar-refractivity contribution in [1.29, 1.82) is 0 Å². The van der Waals surface area contributed by atoms with Gasteiger partial charge < -0.3 is 15.5 Å². The van der Waals surface area contributed by atoms with Crippen LogP contribution in [0.3, 0.4) is 0 Å². The fraction of sp³-hybridized carbons (Fsp3) is 0.800. The van der Waals surface area contributed by atoms with E-state index in [0.29, 0.717) is 6.42 Å². The summed E-state index contributed by atoms with van der Waals surface area (Å²) in [5.41, 5.74) is 0. The van der Waals surface area contributed by atoms with E-state index in [1.807, 2.05) is 0 Å². The first-order valence-electron chi connectivity index (χ1n) is 5.22. The summed E-state index contributed by atoms with van der Waals surface area (Å²) in [4.78, 5) is 21.9. The van der Waals surface area contributed by atoms with Crippen molar-refractivity contribution in [3.05, 3.63) is 0 Å². The predicted molar refractivity (Wildman–Crippen MR) is 53.2 cm³/mol. The van der Waals surface area contributed by atoms with Gasteiger partial charge in [0, 0.05) is 6.04 Å². The Hall–Kier alpha value is -1.10. The molecule has 0 heterocycles. The Labute approximate surface area is 88.5 Å². The molecule has 1 fully saturated rings. The van der Waals surface area contributed by atoms with E-state index >= 15 is 0 Å². The van der Waals surface area contributed by atoms with Crippen LogP contribution in [0.25, 0.3) is 0 Å². The van der Waals surface area contributed by atoms with E-state index in [0.717, 1.165) is 19.3 Å². The van der Waals surface area contributed by atoms with Crippen molar-refractivity contribution in [2.75, 3.05) is 0 Å². The molecule has 5 heteroatoms. The van der Waals surface area contributed by atoms with Crippen molar-refractivity contribution in [2.45, 2.75) is 44.8 Å². The zero-order chi connectivity index (χ0) is 11.4. The summed E-state index contributed by atoms with van der Waals surface area (Å²) in [7, 11) is 0. The fourth-order valence-electron chi connectivity index (χ4n) is 1.73. The molecule has 0 aromatic heterocycles. The van der Waals surface area contributed by atoms with Gasteiger partial charge >= 0.3 is 5.97 Å². The lowest BCUT2D eigenvalue weighted by atomic mass is 9.92. The minimum atomic E-state index is -1.12. The predicted octanol–water partition coefficient (Wildman–Crippen LogP) is 0.127. The first-order valence-corrected chi connectivity index (χ1v) is 5.22. The van der Waals surface area contributed by atoms with Gasteiger partial charge in [0.25, 0.3) is 0 Å². The maximum atomic E-state index is 11.4. The summed E-state index contributed by atoms with van der Waals surface area (Å²) in [6, 6.07) is -0.0805. The van der Waals surface area contributed by atoms with Crippen LogP contribution in [0.2, 0.25) is 0 Å². The topological polar surface area (TPSA) is 86.6 Å². The van der Waals surface area contributed by atoms with Crippen LogP contribution in [-0.2, 0) is 9.59 Å². The van der Waals surface area contributed by atoms with Crippen LogP contribution in [-0.4, -0.2) is 34.2 Å². The normalized spacial score (nSPS) is 28.1. The molecule has 0 aliphatic heterocycles. The number of aliphatic hydroxyl groups is 1. The first kappa shape index (κ1) is 12.0. The highest BCUT2D eigenvalue weighted by Gasteiger charge is 2.26. The molecule has 0 radical (unpaired) electrons. The molecule has 86 valence electrons. The molecule has 3 N–H and O–H groups in total. The molecule has 1 amide bonds. The maximum Gasteiger partial charge on any atom is 0.315 e. The van der Waals surface area contributed by atoms with Crippen LogP contribution >= 0.6 is 0 Å². The summed E-state index contributed by atoms with van der Waals surface area (Å²) in [6.45, 7) is 1.36. The Kier molecular flexibility index (Phi) is 4.08. The van der Waals surface area contributed by atoms with E-state index in [4.69, 9.17) is 5.11 Å². The molecule has 5 nitrogen and oxygen atoms in total. The standard InChI is InChI=1S/C10H17NO4/c1-6(10(14)15)9(13)11-7-3-2-4-8(12)5-7/h6-8,12H,2-5H2,1H3,(H,11,13)(H,14,15). The highest BCUT2D eigenvalue weighted by Crippen LogP contribution is 2.18. The molecule has 15 heavy (non-hydrogen) atoms. The first-order chi connectivity index (χ1) is 7.00. The molecule has 0 aromatic rings. The second-order valence-electron chi connectivity index (χ2n) is 4.09. The molecule has 1 rings (SSSR count). The molecule has 0 saturated heterocycles. The largest absolute Gasteiger partial charge is 0.481 e. The smallest absolute Gasteiger partial charge is 0.315 e. The Balaban J connectivity index is 2.40. The van der Waals surface area contributed by atoms with Gasteiger partial charge in [-0.25, -0.2) is 0 Å². The van der Waals surface area contributed by atoms with E-state index in [2.05, 4.69) is 5.32 Å². The highest BCUT2D eigenvalue weighted by molar-refractivity contribution is 5.96. The van der Waals surface area contributed by atoms with Gasteiger partial charge in [-0.2, -0.15) is 0 Å². The van der Waals surface area contributed by atoms with Gasteiger partial charge in [-0.05, 0) is 32.6 Å². The van der Waals surface area contributed by atoms with E-state index < -0.39 is 17.8 Å². The van der Waals surface area contributed by atoms with Gasteiger partial charge in [-0.15, -0.1) is 0 Å². The number of hydrogen-bond acceptors (Lipinski definition) is 3. The van der Waals surface area contributed by atoms with E-state index in [1.165, 1.54) is 6.92 Å². The fourth-order valence-corrected chi connectivity index (χ4v) is 1.73. The van der Waals surface area contributed by atoms with Crippen molar-refractivity contribution >= 4 is 11.9 Å². The number of aliphatic carboxylic acids is 1. The number of hydrogen-bond donors (Lipinski definition) is 3. The summed E-state index contributed by atoms with van der Waals surface area (Å²) < 4.78 is 0. The lowest BCUT2D eigenvalue weighted by Crippen LogP contribution is -2.43. The minimum Gasteiger partial charge on any atom is -0.481 e. The number of carboxylic acids is 1. The molecular weight excluding hydrogens is 198 g/mol. The van der Waals surface area contributed by atoms with E-state index in [9.17, 15) is 14.7 Å². The quantitative estimate of drug-likeness (QED) is 0.584. The summed E-state index contributed by atoms with van der Waals surface area (Å²) >= 11 is 0. The number of carbonyl (C=O) groups excluding carboxylic acids is 1. The van der Waals surface area contributed by atoms with Gasteiger partial charge in [-0.1, -0.05) is 0 Å². The van der Waals surface area contributed by atoms with Crippen molar-refractivity contribution in [2.24, 2.45) is 5.92 Å². The van der Waals surface area contributed by atoms with E-state index in [-0.39, 0.29) is 12.1 Å². The SMILES string of the molecule is CC(C(=O)O)C(=O)NC1CCCC(O)C1. The summed E-state index contributed by atoms with van der Waals surface area (Å²) in [5, 5.41) is 20.6. The van der Waals surface area contributed by atoms with Crippen LogP contribution in [0.15, 0.2) is 0 Å². The van der Waals surface area contributed by atoms with Crippen LogP contribution in [0.1, 0.15) is 32.6 Å². The third-order valence-corrected chi connectivity index (χ3v) is 2.76. The van der Waals surface area contributed by atoms with Crippen LogP contribution in [0.4, 0.5) is 0 Å². The van der Waals surface area contributed by atoms with Crippen molar-refractivity contribution in [1.82, 2.24) is 5.32 Å². The Morgan fingerprint density at radius 2 is 2.07 bits per heavy atom. The average molecular weight is 215 g/mol. The average Bonchev–Trinajstić information content (AvgIpc) is 2.16. The maximum absolute atomic E-state index is 11.4. The Bertz CT molecular complexity index is 254. The molecule has 1 saturated carbocycles. The van der Waals surface area contributed by atoms with E-state index in [1.54, 1.807) is 0 Å². The van der Waals surface area contributed by atoms with Crippen LogP contribution in [0.5, 0.6) is 0 Å². The Morgan fingerprint density at radius 3 is 2.60 bits per heavy atom. The lowest BCUT2D eigenvalue weighted by Gasteiger charge is -2.27. The molecule has 1 aliphatic carbocycles. The monoisotopic (exact) mass is 215 g/mol. The second kappa shape index (κ2) is 5.11. The van der Waals surface area contributed by atoms with Gasteiger partial charge in [0.2, 0.25) is 5.91 Å². The molecule has 0 aromatic carbocycles. The van der Waals surface area contributed by atoms with Gasteiger partial charge in [0.1, 0.15) is 5.92 Å². The van der Waals surface area contributed by atoms with Crippen LogP contribution < -0.4 is 5.32 Å². The molecular formula is C10H17NO4. The van der Waals surface area contributed by atoms with Gasteiger partial charge in [0.05, 0.1) is 6.10 Å². The minimum absolute atomic E-state index is 0.0805. The zero-order valence-electron chi connectivity index (χ0n) is 8.77. The molecule has 1 aliphatic rings. The number of nitrogens with one attached hydrogen (secondary N) is 1. The molecule has 0 spiro atoms. The molecule has 0 bridgehead atoms.